The summed E-state index contributed by atoms with van der Waals surface area (Å²) < 4.78 is 6.16. The number of aromatic amines is 2. The summed E-state index contributed by atoms with van der Waals surface area (Å²) >= 11 is 3.31. The van der Waals surface area contributed by atoms with E-state index in [4.69, 9.17) is 4.42 Å². The van der Waals surface area contributed by atoms with Gasteiger partial charge in [-0.3, -0.25) is 4.79 Å². The number of benzene rings is 1. The molecule has 4 aromatic rings. The van der Waals surface area contributed by atoms with E-state index in [1.165, 1.54) is 0 Å². The minimum absolute atomic E-state index is 0.208. The van der Waals surface area contributed by atoms with E-state index in [2.05, 4.69) is 36.2 Å². The molecule has 0 radical (unpaired) electrons. The summed E-state index contributed by atoms with van der Waals surface area (Å²) in [6.45, 7) is 0. The first-order valence-electron chi connectivity index (χ1n) is 6.88. The first kappa shape index (κ1) is 13.8. The number of furan rings is 1. The van der Waals surface area contributed by atoms with Crippen LogP contribution in [0.4, 0.5) is 5.69 Å². The minimum atomic E-state index is -0.208. The molecule has 0 aliphatic rings. The lowest BCUT2D eigenvalue weighted by Gasteiger charge is -2.03. The van der Waals surface area contributed by atoms with Crippen molar-refractivity contribution in [3.63, 3.8) is 0 Å². The van der Waals surface area contributed by atoms with Crippen molar-refractivity contribution >= 4 is 38.6 Å². The monoisotopic (exact) mass is 370 g/mol. The first-order valence-corrected chi connectivity index (χ1v) is 7.67. The van der Waals surface area contributed by atoms with Crippen LogP contribution in [0.1, 0.15) is 10.5 Å². The van der Waals surface area contributed by atoms with Crippen molar-refractivity contribution in [2.24, 2.45) is 0 Å². The van der Waals surface area contributed by atoms with E-state index in [0.717, 1.165) is 15.5 Å². The molecule has 4 rings (SSSR count). The van der Waals surface area contributed by atoms with E-state index in [-0.39, 0.29) is 5.91 Å². The summed E-state index contributed by atoms with van der Waals surface area (Å²) in [7, 11) is 0. The Balaban J connectivity index is 1.62. The molecule has 0 unspecified atom stereocenters. The van der Waals surface area contributed by atoms with Crippen LogP contribution in [-0.4, -0.2) is 20.9 Å². The molecule has 0 atom stereocenters. The Morgan fingerprint density at radius 1 is 1.26 bits per heavy atom. The van der Waals surface area contributed by atoms with Gasteiger partial charge in [-0.25, -0.2) is 4.98 Å². The third-order valence-corrected chi connectivity index (χ3v) is 3.84. The van der Waals surface area contributed by atoms with Crippen molar-refractivity contribution in [2.45, 2.75) is 0 Å². The number of H-pyrrole nitrogens is 2. The van der Waals surface area contributed by atoms with Crippen molar-refractivity contribution < 1.29 is 9.21 Å². The molecule has 0 saturated carbocycles. The highest BCUT2D eigenvalue weighted by atomic mass is 79.9. The van der Waals surface area contributed by atoms with Gasteiger partial charge in [0.15, 0.2) is 11.6 Å². The number of fused-ring (bicyclic) bond motifs is 1. The van der Waals surface area contributed by atoms with Crippen molar-refractivity contribution in [3.8, 4) is 11.6 Å². The lowest BCUT2D eigenvalue weighted by Crippen LogP contribution is -2.11. The van der Waals surface area contributed by atoms with Crippen LogP contribution < -0.4 is 5.32 Å². The zero-order valence-electron chi connectivity index (χ0n) is 11.8. The van der Waals surface area contributed by atoms with Gasteiger partial charge in [-0.2, -0.15) is 0 Å². The van der Waals surface area contributed by atoms with Gasteiger partial charge in [-0.15, -0.1) is 0 Å². The number of imidazole rings is 1. The van der Waals surface area contributed by atoms with Crippen LogP contribution in [0.5, 0.6) is 0 Å². The number of aromatic nitrogens is 3. The Kier molecular flexibility index (Phi) is 3.27. The van der Waals surface area contributed by atoms with E-state index in [1.807, 2.05) is 30.3 Å². The van der Waals surface area contributed by atoms with E-state index in [9.17, 15) is 4.79 Å². The van der Waals surface area contributed by atoms with Gasteiger partial charge in [-0.1, -0.05) is 0 Å². The number of anilines is 1. The number of hydrogen-bond acceptors (Lipinski definition) is 3. The number of amides is 1. The molecule has 0 aliphatic carbocycles. The molecule has 1 amide bonds. The first-order chi connectivity index (χ1) is 11.2. The number of halogens is 1. The van der Waals surface area contributed by atoms with Gasteiger partial charge in [-0.05, 0) is 52.3 Å². The Hall–Kier alpha value is -2.80. The lowest BCUT2D eigenvalue weighted by atomic mass is 10.2. The normalized spacial score (nSPS) is 11.0. The van der Waals surface area contributed by atoms with Crippen LogP contribution in [0.25, 0.3) is 22.6 Å². The Morgan fingerprint density at radius 3 is 2.91 bits per heavy atom. The zero-order valence-corrected chi connectivity index (χ0v) is 13.3. The van der Waals surface area contributed by atoms with Gasteiger partial charge in [0.05, 0.1) is 17.3 Å². The SMILES string of the molecule is O=C(Nc1ccc2nc(-c3ccco3)[nH]c2c1)c1cc(Br)c[nH]1. The van der Waals surface area contributed by atoms with Gasteiger partial charge in [0.2, 0.25) is 0 Å². The second-order valence-corrected chi connectivity index (χ2v) is 5.90. The fourth-order valence-electron chi connectivity index (χ4n) is 2.31. The standard InChI is InChI=1S/C16H11BrN4O2/c17-9-6-13(18-8-9)16(22)19-10-3-4-11-12(7-10)21-15(20-11)14-2-1-5-23-14/h1-8,18H,(H,19,22)(H,20,21). The molecule has 7 heteroatoms. The van der Waals surface area contributed by atoms with Crippen LogP contribution >= 0.6 is 15.9 Å². The summed E-state index contributed by atoms with van der Waals surface area (Å²) in [5.74, 6) is 1.12. The lowest BCUT2D eigenvalue weighted by molar-refractivity contribution is 0.102. The second kappa shape index (κ2) is 5.44. The van der Waals surface area contributed by atoms with Crippen LogP contribution in [0.15, 0.2) is 57.7 Å². The minimum Gasteiger partial charge on any atom is -0.461 e. The molecule has 1 aromatic carbocycles. The third-order valence-electron chi connectivity index (χ3n) is 3.39. The predicted octanol–water partition coefficient (Wildman–Crippen LogP) is 4.17. The molecule has 114 valence electrons. The highest BCUT2D eigenvalue weighted by Crippen LogP contribution is 2.23. The topological polar surface area (TPSA) is 86.7 Å². The van der Waals surface area contributed by atoms with E-state index in [0.29, 0.717) is 23.0 Å². The van der Waals surface area contributed by atoms with Crippen molar-refractivity contribution in [2.75, 3.05) is 5.32 Å². The molecular formula is C16H11BrN4O2. The summed E-state index contributed by atoms with van der Waals surface area (Å²) in [6.07, 6.45) is 3.31. The predicted molar refractivity (Wildman–Crippen MR) is 90.2 cm³/mol. The average molecular weight is 371 g/mol. The van der Waals surface area contributed by atoms with Crippen LogP contribution in [0, 0.1) is 0 Å². The molecule has 3 heterocycles. The van der Waals surface area contributed by atoms with E-state index < -0.39 is 0 Å². The molecule has 0 bridgehead atoms. The van der Waals surface area contributed by atoms with Gasteiger partial charge in [0, 0.05) is 16.4 Å². The molecule has 0 saturated heterocycles. The summed E-state index contributed by atoms with van der Waals surface area (Å²) in [5, 5.41) is 2.85. The summed E-state index contributed by atoms with van der Waals surface area (Å²) in [4.78, 5) is 22.7. The number of nitrogens with zero attached hydrogens (tertiary/aromatic N) is 1. The zero-order chi connectivity index (χ0) is 15.8. The maximum absolute atomic E-state index is 12.2. The Morgan fingerprint density at radius 2 is 2.17 bits per heavy atom. The molecule has 3 N–H and O–H groups in total. The van der Waals surface area contributed by atoms with Crippen LogP contribution in [0.2, 0.25) is 0 Å². The molecule has 0 fully saturated rings. The molecule has 0 aliphatic heterocycles. The quantitative estimate of drug-likeness (QED) is 0.505. The van der Waals surface area contributed by atoms with Crippen LogP contribution in [-0.2, 0) is 0 Å². The average Bonchev–Trinajstić information content (AvgIpc) is 3.26. The number of rotatable bonds is 3. The number of carbonyl (C=O) groups is 1. The Labute approximate surface area is 139 Å². The molecular weight excluding hydrogens is 360 g/mol. The summed E-state index contributed by atoms with van der Waals surface area (Å²) in [5.41, 5.74) is 2.79. The van der Waals surface area contributed by atoms with E-state index >= 15 is 0 Å². The number of hydrogen-bond donors (Lipinski definition) is 3. The molecule has 0 spiro atoms. The molecule has 23 heavy (non-hydrogen) atoms. The highest BCUT2D eigenvalue weighted by molar-refractivity contribution is 9.10. The highest BCUT2D eigenvalue weighted by Gasteiger charge is 2.11. The van der Waals surface area contributed by atoms with Gasteiger partial charge < -0.3 is 19.7 Å². The van der Waals surface area contributed by atoms with Gasteiger partial charge in [0.1, 0.15) is 5.69 Å². The largest absolute Gasteiger partial charge is 0.461 e. The smallest absolute Gasteiger partial charge is 0.272 e. The fraction of sp³-hybridized carbons (Fsp3) is 0. The maximum atomic E-state index is 12.2. The van der Waals surface area contributed by atoms with Crippen molar-refractivity contribution in [1.29, 1.82) is 0 Å². The van der Waals surface area contributed by atoms with Crippen LogP contribution in [0.3, 0.4) is 0 Å². The van der Waals surface area contributed by atoms with Crippen molar-refractivity contribution in [1.82, 2.24) is 15.0 Å². The summed E-state index contributed by atoms with van der Waals surface area (Å²) in [6, 6.07) is 10.9. The maximum Gasteiger partial charge on any atom is 0.272 e. The third kappa shape index (κ3) is 2.66. The van der Waals surface area contributed by atoms with Gasteiger partial charge >= 0.3 is 0 Å². The number of nitrogens with one attached hydrogen (secondary N) is 3. The second-order valence-electron chi connectivity index (χ2n) is 4.98. The van der Waals surface area contributed by atoms with Gasteiger partial charge in [0.25, 0.3) is 5.91 Å². The fourth-order valence-corrected chi connectivity index (χ4v) is 2.66. The van der Waals surface area contributed by atoms with Crippen molar-refractivity contribution in [3.05, 3.63) is 59.0 Å². The molecule has 6 nitrogen and oxygen atoms in total. The number of carbonyl (C=O) groups excluding carboxylic acids is 1. The molecule has 3 aromatic heterocycles. The van der Waals surface area contributed by atoms with E-state index in [1.54, 1.807) is 18.5 Å². The Bertz CT molecular complexity index is 985.